The molecule has 1 atom stereocenters. The third-order valence-corrected chi connectivity index (χ3v) is 3.53. The Morgan fingerprint density at radius 1 is 1.47 bits per heavy atom. The molecule has 1 unspecified atom stereocenters. The van der Waals surface area contributed by atoms with E-state index < -0.39 is 5.76 Å². The van der Waals surface area contributed by atoms with Gasteiger partial charge in [-0.15, -0.1) is 0 Å². The number of anilines is 1. The van der Waals surface area contributed by atoms with Crippen LogP contribution in [0, 0.1) is 5.92 Å². The molecule has 0 saturated carbocycles. The number of aromatic amines is 1. The summed E-state index contributed by atoms with van der Waals surface area (Å²) in [6.45, 7) is 1.61. The lowest BCUT2D eigenvalue weighted by molar-refractivity contribution is -0.121. The Balaban J connectivity index is 1.89. The van der Waals surface area contributed by atoms with Gasteiger partial charge in [-0.25, -0.2) is 4.79 Å². The summed E-state index contributed by atoms with van der Waals surface area (Å²) in [6.07, 6.45) is 0.866. The van der Waals surface area contributed by atoms with Crippen LogP contribution in [-0.4, -0.2) is 31.0 Å². The second-order valence-corrected chi connectivity index (χ2v) is 4.78. The van der Waals surface area contributed by atoms with E-state index in [-0.39, 0.29) is 11.8 Å². The minimum atomic E-state index is -0.485. The molecule has 3 rings (SSSR count). The fraction of sp³-hybridized carbons (Fsp3) is 0.385. The number of rotatable bonds is 2. The topological polar surface area (TPSA) is 78.3 Å². The fourth-order valence-electron chi connectivity index (χ4n) is 2.41. The molecule has 6 heteroatoms. The van der Waals surface area contributed by atoms with Crippen LogP contribution >= 0.6 is 0 Å². The van der Waals surface area contributed by atoms with Gasteiger partial charge in [0.2, 0.25) is 5.91 Å². The van der Waals surface area contributed by atoms with Crippen molar-refractivity contribution in [1.29, 1.82) is 0 Å². The van der Waals surface area contributed by atoms with Gasteiger partial charge in [0.05, 0.1) is 11.4 Å². The van der Waals surface area contributed by atoms with Gasteiger partial charge in [-0.3, -0.25) is 9.78 Å². The zero-order valence-corrected chi connectivity index (χ0v) is 10.6. The van der Waals surface area contributed by atoms with Crippen LogP contribution in [0.4, 0.5) is 5.69 Å². The fourth-order valence-corrected chi connectivity index (χ4v) is 2.41. The molecule has 0 radical (unpaired) electrons. The quantitative estimate of drug-likeness (QED) is 0.834. The number of amides is 1. The summed E-state index contributed by atoms with van der Waals surface area (Å²) in [4.78, 5) is 27.6. The lowest BCUT2D eigenvalue weighted by atomic mass is 10.1. The highest BCUT2D eigenvalue weighted by molar-refractivity contribution is 5.96. The molecule has 2 aromatic rings. The first kappa shape index (κ1) is 12.0. The van der Waals surface area contributed by atoms with E-state index in [1.165, 1.54) is 0 Å². The molecule has 1 amide bonds. The van der Waals surface area contributed by atoms with Crippen LogP contribution in [0.2, 0.25) is 0 Å². The summed E-state index contributed by atoms with van der Waals surface area (Å²) in [7, 11) is 1.74. The Morgan fingerprint density at radius 2 is 2.32 bits per heavy atom. The van der Waals surface area contributed by atoms with E-state index in [1.54, 1.807) is 30.1 Å². The third kappa shape index (κ3) is 2.15. The van der Waals surface area contributed by atoms with Crippen LogP contribution in [-0.2, 0) is 4.79 Å². The van der Waals surface area contributed by atoms with Gasteiger partial charge in [0, 0.05) is 25.3 Å². The zero-order valence-electron chi connectivity index (χ0n) is 10.6. The molecule has 100 valence electrons. The standard InChI is InChI=1S/C13H15N3O3/c1-16(12(17)8-4-5-14-7-8)9-2-3-10-11(6-9)19-13(18)15-10/h2-3,6,8,14H,4-5,7H2,1H3,(H,15,18). The van der Waals surface area contributed by atoms with Crippen LogP contribution in [0.15, 0.2) is 27.4 Å². The SMILES string of the molecule is CN(C(=O)C1CCNC1)c1ccc2[nH]c(=O)oc2c1. The van der Waals surface area contributed by atoms with Gasteiger partial charge in [-0.2, -0.15) is 0 Å². The summed E-state index contributed by atoms with van der Waals surface area (Å²) in [6, 6.07) is 5.24. The van der Waals surface area contributed by atoms with Crippen LogP contribution in [0.25, 0.3) is 11.1 Å². The summed E-state index contributed by atoms with van der Waals surface area (Å²) < 4.78 is 5.00. The van der Waals surface area contributed by atoms with Crippen molar-refractivity contribution in [2.45, 2.75) is 6.42 Å². The number of carbonyl (C=O) groups excluding carboxylic acids is 1. The summed E-state index contributed by atoms with van der Waals surface area (Å²) in [5.41, 5.74) is 1.83. The molecule has 2 N–H and O–H groups in total. The number of aromatic nitrogens is 1. The molecule has 2 heterocycles. The number of hydrogen-bond acceptors (Lipinski definition) is 4. The first-order valence-electron chi connectivity index (χ1n) is 6.26. The largest absolute Gasteiger partial charge is 0.417 e. The second kappa shape index (κ2) is 4.55. The van der Waals surface area contributed by atoms with Crippen molar-refractivity contribution in [1.82, 2.24) is 10.3 Å². The summed E-state index contributed by atoms with van der Waals surface area (Å²) in [5, 5.41) is 3.18. The monoisotopic (exact) mass is 261 g/mol. The average Bonchev–Trinajstić information content (AvgIpc) is 3.03. The molecule has 0 spiro atoms. The summed E-state index contributed by atoms with van der Waals surface area (Å²) in [5.74, 6) is -0.373. The molecule has 6 nitrogen and oxygen atoms in total. The Kier molecular flexibility index (Phi) is 2.87. The molecular weight excluding hydrogens is 246 g/mol. The molecular formula is C13H15N3O3. The molecule has 1 aliphatic heterocycles. The summed E-state index contributed by atoms with van der Waals surface area (Å²) >= 11 is 0. The number of hydrogen-bond donors (Lipinski definition) is 2. The van der Waals surface area contributed by atoms with Crippen molar-refractivity contribution in [2.75, 3.05) is 25.0 Å². The smallest absolute Gasteiger partial charge is 0.408 e. The highest BCUT2D eigenvalue weighted by atomic mass is 16.4. The number of nitrogens with one attached hydrogen (secondary N) is 2. The molecule has 1 aromatic heterocycles. The van der Waals surface area contributed by atoms with Gasteiger partial charge in [0.1, 0.15) is 0 Å². The van der Waals surface area contributed by atoms with Gasteiger partial charge < -0.3 is 14.6 Å². The van der Waals surface area contributed by atoms with Gasteiger partial charge in [0.15, 0.2) is 5.58 Å². The normalized spacial score (nSPS) is 18.9. The maximum atomic E-state index is 12.3. The molecule has 1 saturated heterocycles. The molecule has 1 aliphatic rings. The van der Waals surface area contributed by atoms with E-state index in [2.05, 4.69) is 10.3 Å². The van der Waals surface area contributed by atoms with E-state index in [0.717, 1.165) is 25.2 Å². The van der Waals surface area contributed by atoms with Gasteiger partial charge in [-0.05, 0) is 25.1 Å². The van der Waals surface area contributed by atoms with Crippen molar-refractivity contribution >= 4 is 22.7 Å². The zero-order chi connectivity index (χ0) is 13.4. The Morgan fingerprint density at radius 3 is 3.05 bits per heavy atom. The van der Waals surface area contributed by atoms with Crippen molar-refractivity contribution in [3.63, 3.8) is 0 Å². The predicted octanol–water partition coefficient (Wildman–Crippen LogP) is 0.693. The Bertz CT molecular complexity index is 667. The van der Waals surface area contributed by atoms with Gasteiger partial charge >= 0.3 is 5.76 Å². The average molecular weight is 261 g/mol. The van der Waals surface area contributed by atoms with E-state index in [4.69, 9.17) is 4.42 Å². The Labute approximate surface area is 109 Å². The predicted molar refractivity (Wildman–Crippen MR) is 71.2 cm³/mol. The minimum absolute atomic E-state index is 0.0268. The molecule has 0 aliphatic carbocycles. The molecule has 19 heavy (non-hydrogen) atoms. The maximum Gasteiger partial charge on any atom is 0.417 e. The van der Waals surface area contributed by atoms with Crippen LogP contribution in [0.5, 0.6) is 0 Å². The van der Waals surface area contributed by atoms with Crippen LogP contribution < -0.4 is 16.0 Å². The first-order valence-corrected chi connectivity index (χ1v) is 6.26. The number of oxazole rings is 1. The Hall–Kier alpha value is -2.08. The van der Waals surface area contributed by atoms with E-state index in [1.807, 2.05) is 0 Å². The second-order valence-electron chi connectivity index (χ2n) is 4.78. The van der Waals surface area contributed by atoms with Crippen LogP contribution in [0.1, 0.15) is 6.42 Å². The number of nitrogens with zero attached hydrogens (tertiary/aromatic N) is 1. The molecule has 1 aromatic carbocycles. The maximum absolute atomic E-state index is 12.3. The lowest BCUT2D eigenvalue weighted by Crippen LogP contribution is -2.33. The van der Waals surface area contributed by atoms with Crippen molar-refractivity contribution < 1.29 is 9.21 Å². The highest BCUT2D eigenvalue weighted by Gasteiger charge is 2.26. The van der Waals surface area contributed by atoms with Gasteiger partial charge in [-0.1, -0.05) is 0 Å². The number of fused-ring (bicyclic) bond motifs is 1. The number of H-pyrrole nitrogens is 1. The first-order chi connectivity index (χ1) is 9.15. The lowest BCUT2D eigenvalue weighted by Gasteiger charge is -2.20. The van der Waals surface area contributed by atoms with Crippen molar-refractivity contribution in [3.05, 3.63) is 28.7 Å². The number of carbonyl (C=O) groups is 1. The third-order valence-electron chi connectivity index (χ3n) is 3.53. The van der Waals surface area contributed by atoms with E-state index in [0.29, 0.717) is 11.1 Å². The van der Waals surface area contributed by atoms with Crippen molar-refractivity contribution in [3.8, 4) is 0 Å². The molecule has 0 bridgehead atoms. The number of benzene rings is 1. The molecule has 1 fully saturated rings. The van der Waals surface area contributed by atoms with E-state index in [9.17, 15) is 9.59 Å². The minimum Gasteiger partial charge on any atom is -0.408 e. The van der Waals surface area contributed by atoms with Crippen molar-refractivity contribution in [2.24, 2.45) is 5.92 Å². The van der Waals surface area contributed by atoms with Crippen LogP contribution in [0.3, 0.4) is 0 Å². The highest BCUT2D eigenvalue weighted by Crippen LogP contribution is 2.22. The van der Waals surface area contributed by atoms with Gasteiger partial charge in [0.25, 0.3) is 0 Å². The van der Waals surface area contributed by atoms with E-state index >= 15 is 0 Å².